The van der Waals surface area contributed by atoms with Crippen LogP contribution in [0.15, 0.2) is 82.1 Å². The lowest BCUT2D eigenvalue weighted by Crippen LogP contribution is -2.13. The van der Waals surface area contributed by atoms with Gasteiger partial charge in [-0.3, -0.25) is 0 Å². The van der Waals surface area contributed by atoms with Gasteiger partial charge in [-0.2, -0.15) is 8.42 Å². The molecule has 0 radical (unpaired) electrons. The standard InChI is InChI=1S/C20H13FN2O4S/c21-17-10-3-1-8-15(17)20(24)27-14-7-5-6-13(12-14)22-19-16-9-2-4-11-18(16)28(25,26)23-19/h1-12H,(H,22,23). The molecule has 8 heteroatoms. The van der Waals surface area contributed by atoms with Gasteiger partial charge in [0.2, 0.25) is 0 Å². The van der Waals surface area contributed by atoms with Crippen molar-refractivity contribution >= 4 is 27.5 Å². The minimum absolute atomic E-state index is 0.125. The molecule has 3 aromatic carbocycles. The van der Waals surface area contributed by atoms with Crippen molar-refractivity contribution < 1.29 is 22.3 Å². The number of nitrogens with zero attached hydrogens (tertiary/aromatic N) is 1. The SMILES string of the molecule is O=C(Oc1cccc(NC2=NS(=O)(=O)c3ccccc32)c1)c1ccccc1F. The van der Waals surface area contributed by atoms with E-state index < -0.39 is 21.8 Å². The Morgan fingerprint density at radius 1 is 0.964 bits per heavy atom. The molecular formula is C20H13FN2O4S. The van der Waals surface area contributed by atoms with Crippen LogP contribution >= 0.6 is 0 Å². The number of fused-ring (bicyclic) bond motifs is 1. The molecule has 0 aliphatic carbocycles. The molecule has 0 amide bonds. The number of nitrogens with one attached hydrogen (secondary N) is 1. The van der Waals surface area contributed by atoms with E-state index in [2.05, 4.69) is 9.71 Å². The number of esters is 1. The monoisotopic (exact) mass is 396 g/mol. The smallest absolute Gasteiger partial charge is 0.346 e. The molecule has 0 bridgehead atoms. The number of halogens is 1. The van der Waals surface area contributed by atoms with Crippen molar-refractivity contribution in [1.29, 1.82) is 0 Å². The first-order valence-corrected chi connectivity index (χ1v) is 9.66. The number of benzene rings is 3. The molecule has 0 aromatic heterocycles. The Bertz CT molecular complexity index is 1220. The molecule has 0 saturated heterocycles. The Kier molecular flexibility index (Phi) is 4.40. The van der Waals surface area contributed by atoms with Crippen LogP contribution in [0.25, 0.3) is 0 Å². The van der Waals surface area contributed by atoms with Crippen LogP contribution in [0.5, 0.6) is 5.75 Å². The topological polar surface area (TPSA) is 84.8 Å². The Labute approximate surface area is 160 Å². The summed E-state index contributed by atoms with van der Waals surface area (Å²) in [7, 11) is -3.75. The molecular weight excluding hydrogens is 383 g/mol. The lowest BCUT2D eigenvalue weighted by atomic mass is 10.2. The number of hydrogen-bond donors (Lipinski definition) is 1. The zero-order valence-electron chi connectivity index (χ0n) is 14.3. The highest BCUT2D eigenvalue weighted by atomic mass is 32.2. The predicted molar refractivity (Wildman–Crippen MR) is 102 cm³/mol. The maximum absolute atomic E-state index is 13.7. The van der Waals surface area contributed by atoms with Gasteiger partial charge in [0.15, 0.2) is 5.84 Å². The summed E-state index contributed by atoms with van der Waals surface area (Å²) in [6.07, 6.45) is 0. The first-order chi connectivity index (χ1) is 13.4. The number of anilines is 1. The number of hydrogen-bond acceptors (Lipinski definition) is 5. The number of rotatable bonds is 3. The van der Waals surface area contributed by atoms with E-state index in [9.17, 15) is 17.6 Å². The predicted octanol–water partition coefficient (Wildman–Crippen LogP) is 3.61. The number of sulfonamides is 1. The lowest BCUT2D eigenvalue weighted by Gasteiger charge is -2.09. The van der Waals surface area contributed by atoms with Gasteiger partial charge in [0, 0.05) is 17.3 Å². The van der Waals surface area contributed by atoms with E-state index in [1.54, 1.807) is 30.3 Å². The van der Waals surface area contributed by atoms with Crippen LogP contribution in [0.3, 0.4) is 0 Å². The van der Waals surface area contributed by atoms with Gasteiger partial charge in [-0.25, -0.2) is 9.18 Å². The fourth-order valence-electron chi connectivity index (χ4n) is 2.76. The summed E-state index contributed by atoms with van der Waals surface area (Å²) in [5.74, 6) is -1.16. The van der Waals surface area contributed by atoms with E-state index in [0.29, 0.717) is 11.3 Å². The highest BCUT2D eigenvalue weighted by molar-refractivity contribution is 7.90. The molecule has 1 heterocycles. The first kappa shape index (κ1) is 17.9. The Morgan fingerprint density at radius 3 is 2.54 bits per heavy atom. The third-order valence-corrected chi connectivity index (χ3v) is 5.37. The number of ether oxygens (including phenoxy) is 1. The van der Waals surface area contributed by atoms with Gasteiger partial charge in [0.05, 0.1) is 5.56 Å². The zero-order valence-corrected chi connectivity index (χ0v) is 15.1. The van der Waals surface area contributed by atoms with Crippen LogP contribution in [0.1, 0.15) is 15.9 Å². The minimum atomic E-state index is -3.75. The molecule has 1 N–H and O–H groups in total. The molecule has 0 spiro atoms. The van der Waals surface area contributed by atoms with E-state index in [4.69, 9.17) is 4.74 Å². The van der Waals surface area contributed by atoms with Crippen molar-refractivity contribution in [3.8, 4) is 5.75 Å². The summed E-state index contributed by atoms with van der Waals surface area (Å²) in [6.45, 7) is 0. The summed E-state index contributed by atoms with van der Waals surface area (Å²) in [6, 6.07) is 18.3. The van der Waals surface area contributed by atoms with Crippen molar-refractivity contribution in [1.82, 2.24) is 0 Å². The van der Waals surface area contributed by atoms with Crippen LogP contribution in [-0.2, 0) is 10.0 Å². The first-order valence-electron chi connectivity index (χ1n) is 8.22. The Morgan fingerprint density at radius 2 is 1.71 bits per heavy atom. The Balaban J connectivity index is 1.57. The van der Waals surface area contributed by atoms with E-state index in [1.165, 1.54) is 42.5 Å². The Hall–Kier alpha value is -3.52. The van der Waals surface area contributed by atoms with Crippen molar-refractivity contribution in [2.24, 2.45) is 4.40 Å². The second-order valence-electron chi connectivity index (χ2n) is 5.93. The molecule has 0 atom stereocenters. The van der Waals surface area contributed by atoms with Gasteiger partial charge in [-0.1, -0.05) is 30.3 Å². The summed E-state index contributed by atoms with van der Waals surface area (Å²) < 4.78 is 46.9. The van der Waals surface area contributed by atoms with Crippen molar-refractivity contribution in [3.63, 3.8) is 0 Å². The van der Waals surface area contributed by atoms with Gasteiger partial charge >= 0.3 is 5.97 Å². The van der Waals surface area contributed by atoms with Crippen molar-refractivity contribution in [3.05, 3.63) is 89.7 Å². The third-order valence-electron chi connectivity index (χ3n) is 4.03. The molecule has 6 nitrogen and oxygen atoms in total. The van der Waals surface area contributed by atoms with E-state index in [-0.39, 0.29) is 22.0 Å². The molecule has 28 heavy (non-hydrogen) atoms. The number of carbonyl (C=O) groups is 1. The normalized spacial score (nSPS) is 14.1. The molecule has 0 saturated carbocycles. The average Bonchev–Trinajstić information content (AvgIpc) is 2.93. The largest absolute Gasteiger partial charge is 0.423 e. The van der Waals surface area contributed by atoms with Gasteiger partial charge in [-0.15, -0.1) is 4.40 Å². The van der Waals surface area contributed by atoms with Gasteiger partial charge < -0.3 is 10.1 Å². The van der Waals surface area contributed by atoms with E-state index in [1.807, 2.05) is 0 Å². The van der Waals surface area contributed by atoms with Crippen LogP contribution < -0.4 is 10.1 Å². The lowest BCUT2D eigenvalue weighted by molar-refractivity contribution is 0.0730. The third kappa shape index (κ3) is 3.37. The van der Waals surface area contributed by atoms with E-state index >= 15 is 0 Å². The molecule has 1 aliphatic rings. The number of amidine groups is 1. The number of carbonyl (C=O) groups excluding carboxylic acids is 1. The van der Waals surface area contributed by atoms with Crippen LogP contribution in [-0.4, -0.2) is 20.2 Å². The fourth-order valence-corrected chi connectivity index (χ4v) is 3.93. The van der Waals surface area contributed by atoms with Gasteiger partial charge in [0.25, 0.3) is 10.0 Å². The second kappa shape index (κ2) is 6.90. The molecule has 0 fully saturated rings. The summed E-state index contributed by atoms with van der Waals surface area (Å²) in [5, 5.41) is 2.92. The quantitative estimate of drug-likeness (QED) is 0.540. The maximum atomic E-state index is 13.7. The van der Waals surface area contributed by atoms with Crippen LogP contribution in [0, 0.1) is 5.82 Å². The highest BCUT2D eigenvalue weighted by Crippen LogP contribution is 2.27. The summed E-state index contributed by atoms with van der Waals surface area (Å²) >= 11 is 0. The fraction of sp³-hybridized carbons (Fsp3) is 0. The van der Waals surface area contributed by atoms with Crippen molar-refractivity contribution in [2.45, 2.75) is 4.90 Å². The average molecular weight is 396 g/mol. The molecule has 1 aliphatic heterocycles. The maximum Gasteiger partial charge on any atom is 0.346 e. The van der Waals surface area contributed by atoms with E-state index in [0.717, 1.165) is 0 Å². The van der Waals surface area contributed by atoms with Crippen molar-refractivity contribution in [2.75, 3.05) is 5.32 Å². The zero-order chi connectivity index (χ0) is 19.7. The van der Waals surface area contributed by atoms with Gasteiger partial charge in [0.1, 0.15) is 16.5 Å². The van der Waals surface area contributed by atoms with Crippen LogP contribution in [0.2, 0.25) is 0 Å². The molecule has 140 valence electrons. The second-order valence-corrected chi connectivity index (χ2v) is 7.51. The van der Waals surface area contributed by atoms with Gasteiger partial charge in [-0.05, 0) is 36.4 Å². The molecule has 0 unspecified atom stereocenters. The highest BCUT2D eigenvalue weighted by Gasteiger charge is 2.28. The minimum Gasteiger partial charge on any atom is -0.423 e. The summed E-state index contributed by atoms with van der Waals surface area (Å²) in [4.78, 5) is 12.3. The molecule has 3 aromatic rings. The van der Waals surface area contributed by atoms with Crippen LogP contribution in [0.4, 0.5) is 10.1 Å². The summed E-state index contributed by atoms with van der Waals surface area (Å²) in [5.41, 5.74) is 0.738. The molecule has 4 rings (SSSR count).